The molecule has 5 rings (SSSR count). The van der Waals surface area contributed by atoms with Gasteiger partial charge >= 0.3 is 6.03 Å². The molecule has 31 heavy (non-hydrogen) atoms. The third kappa shape index (κ3) is 3.52. The first-order valence-electron chi connectivity index (χ1n) is 10.5. The Balaban J connectivity index is 1.33. The van der Waals surface area contributed by atoms with Gasteiger partial charge in [-0.05, 0) is 48.9 Å². The minimum Gasteiger partial charge on any atom is -0.495 e. The van der Waals surface area contributed by atoms with Gasteiger partial charge in [-0.2, -0.15) is 0 Å². The molecule has 1 aliphatic rings. The molecule has 0 saturated carbocycles. The van der Waals surface area contributed by atoms with Crippen molar-refractivity contribution in [2.45, 2.75) is 6.92 Å². The average molecular weight is 415 g/mol. The molecule has 7 heteroatoms. The van der Waals surface area contributed by atoms with Gasteiger partial charge in [0, 0.05) is 32.4 Å². The van der Waals surface area contributed by atoms with Crippen LogP contribution in [0.4, 0.5) is 16.3 Å². The molecule has 2 aromatic carbocycles. The van der Waals surface area contributed by atoms with Gasteiger partial charge in [-0.1, -0.05) is 18.2 Å². The second kappa shape index (κ2) is 7.83. The highest BCUT2D eigenvalue weighted by atomic mass is 16.5. The van der Waals surface area contributed by atoms with Crippen molar-refractivity contribution in [1.29, 1.82) is 0 Å². The monoisotopic (exact) mass is 415 g/mol. The van der Waals surface area contributed by atoms with E-state index in [1.807, 2.05) is 54.3 Å². The lowest BCUT2D eigenvalue weighted by molar-refractivity contribution is 0.208. The van der Waals surface area contributed by atoms with Gasteiger partial charge in [-0.3, -0.25) is 0 Å². The van der Waals surface area contributed by atoms with Crippen molar-refractivity contribution in [2.24, 2.45) is 0 Å². The summed E-state index contributed by atoms with van der Waals surface area (Å²) in [6.45, 7) is 4.70. The maximum absolute atomic E-state index is 12.9. The summed E-state index contributed by atoms with van der Waals surface area (Å²) in [7, 11) is 1.61. The van der Waals surface area contributed by atoms with Crippen LogP contribution in [0.1, 0.15) is 5.56 Å². The van der Waals surface area contributed by atoms with Gasteiger partial charge < -0.3 is 24.3 Å². The summed E-state index contributed by atoms with van der Waals surface area (Å²) < 4.78 is 7.56. The first-order valence-corrected chi connectivity index (χ1v) is 10.5. The molecule has 0 atom stereocenters. The van der Waals surface area contributed by atoms with Gasteiger partial charge in [-0.25, -0.2) is 9.78 Å². The molecule has 1 saturated heterocycles. The Hall–Kier alpha value is -3.74. The molecular weight excluding hydrogens is 390 g/mol. The largest absolute Gasteiger partial charge is 0.495 e. The van der Waals surface area contributed by atoms with Crippen molar-refractivity contribution in [1.82, 2.24) is 14.3 Å². The summed E-state index contributed by atoms with van der Waals surface area (Å²) in [5.41, 5.74) is 4.91. The van der Waals surface area contributed by atoms with E-state index in [2.05, 4.69) is 32.9 Å². The number of hydrogen-bond donors (Lipinski definition) is 1. The molecular formula is C24H25N5O2. The number of ether oxygens (including phenoxy) is 1. The first kappa shape index (κ1) is 19.2. The third-order valence-electron chi connectivity index (χ3n) is 5.81. The van der Waals surface area contributed by atoms with Crippen LogP contribution in [0, 0.1) is 6.92 Å². The third-order valence-corrected chi connectivity index (χ3v) is 5.81. The van der Waals surface area contributed by atoms with Gasteiger partial charge in [-0.15, -0.1) is 0 Å². The van der Waals surface area contributed by atoms with Crippen LogP contribution in [0.2, 0.25) is 0 Å². The number of aromatic nitrogens is 2. The summed E-state index contributed by atoms with van der Waals surface area (Å²) in [6.07, 6.45) is 2.07. The zero-order valence-electron chi connectivity index (χ0n) is 17.7. The quantitative estimate of drug-likeness (QED) is 0.546. The maximum atomic E-state index is 12.9. The number of aryl methyl sites for hydroxylation is 1. The number of piperazine rings is 1. The Labute approximate surface area is 180 Å². The molecule has 1 N–H and O–H groups in total. The van der Waals surface area contributed by atoms with E-state index in [0.29, 0.717) is 24.5 Å². The maximum Gasteiger partial charge on any atom is 0.322 e. The molecule has 0 spiro atoms. The highest BCUT2D eigenvalue weighted by molar-refractivity contribution is 5.91. The number of anilines is 2. The fourth-order valence-corrected chi connectivity index (χ4v) is 4.17. The number of amides is 2. The number of nitrogens with zero attached hydrogens (tertiary/aromatic N) is 4. The molecule has 7 nitrogen and oxygen atoms in total. The summed E-state index contributed by atoms with van der Waals surface area (Å²) in [6, 6.07) is 18.0. The molecule has 3 heterocycles. The standard InChI is InChI=1S/C24H25N5O2/c1-17-9-10-22(31-2)19(16-17)26-24(30)28-14-12-27(13-15-28)23-21-8-5-11-29(21)20-7-4-3-6-18(20)25-23/h3-11,16H,12-15H2,1-2H3,(H,26,30). The van der Waals surface area contributed by atoms with Gasteiger partial charge in [0.15, 0.2) is 5.82 Å². The summed E-state index contributed by atoms with van der Waals surface area (Å²) >= 11 is 0. The van der Waals surface area contributed by atoms with Gasteiger partial charge in [0.25, 0.3) is 0 Å². The number of fused-ring (bicyclic) bond motifs is 3. The van der Waals surface area contributed by atoms with E-state index in [1.54, 1.807) is 7.11 Å². The van der Waals surface area contributed by atoms with E-state index in [1.165, 1.54) is 0 Å². The molecule has 158 valence electrons. The number of urea groups is 1. The number of benzene rings is 2. The Morgan fingerprint density at radius 3 is 2.58 bits per heavy atom. The second-order valence-electron chi connectivity index (χ2n) is 7.80. The summed E-state index contributed by atoms with van der Waals surface area (Å²) in [5.74, 6) is 1.62. The van der Waals surface area contributed by atoms with E-state index >= 15 is 0 Å². The van der Waals surface area contributed by atoms with Crippen LogP contribution in [0.3, 0.4) is 0 Å². The Bertz CT molecular complexity index is 1260. The molecule has 1 fully saturated rings. The zero-order valence-corrected chi connectivity index (χ0v) is 17.7. The molecule has 0 radical (unpaired) electrons. The minimum atomic E-state index is -0.108. The van der Waals surface area contributed by atoms with Crippen molar-refractivity contribution in [3.05, 3.63) is 66.4 Å². The van der Waals surface area contributed by atoms with Crippen molar-refractivity contribution in [3.63, 3.8) is 0 Å². The fourth-order valence-electron chi connectivity index (χ4n) is 4.17. The molecule has 4 aromatic rings. The molecule has 0 unspecified atom stereocenters. The average Bonchev–Trinajstić information content (AvgIpc) is 3.29. The predicted molar refractivity (Wildman–Crippen MR) is 123 cm³/mol. The molecule has 1 aliphatic heterocycles. The highest BCUT2D eigenvalue weighted by Crippen LogP contribution is 2.28. The topological polar surface area (TPSA) is 62.1 Å². The van der Waals surface area contributed by atoms with Crippen molar-refractivity contribution in [3.8, 4) is 5.75 Å². The van der Waals surface area contributed by atoms with Crippen LogP contribution < -0.4 is 15.0 Å². The number of para-hydroxylation sites is 2. The number of rotatable bonds is 3. The number of nitrogens with one attached hydrogen (secondary N) is 1. The SMILES string of the molecule is COc1ccc(C)cc1NC(=O)N1CCN(c2nc3ccccc3n3cccc23)CC1. The van der Waals surface area contributed by atoms with Crippen molar-refractivity contribution in [2.75, 3.05) is 43.5 Å². The first-order chi connectivity index (χ1) is 15.1. The van der Waals surface area contributed by atoms with Gasteiger partial charge in [0.2, 0.25) is 0 Å². The number of methoxy groups -OCH3 is 1. The minimum absolute atomic E-state index is 0.108. The molecule has 2 aromatic heterocycles. The number of carbonyl (C=O) groups excluding carboxylic acids is 1. The Kier molecular flexibility index (Phi) is 4.86. The highest BCUT2D eigenvalue weighted by Gasteiger charge is 2.24. The molecule has 0 bridgehead atoms. The number of hydrogen-bond acceptors (Lipinski definition) is 4. The zero-order chi connectivity index (χ0) is 21.4. The van der Waals surface area contributed by atoms with Crippen LogP contribution in [0.25, 0.3) is 16.6 Å². The van der Waals surface area contributed by atoms with Gasteiger partial charge in [0.05, 0.1) is 29.3 Å². The van der Waals surface area contributed by atoms with Crippen LogP contribution in [-0.4, -0.2) is 53.6 Å². The fraction of sp³-hybridized carbons (Fsp3) is 0.250. The van der Waals surface area contributed by atoms with Crippen LogP contribution >= 0.6 is 0 Å². The lowest BCUT2D eigenvalue weighted by Crippen LogP contribution is -2.50. The summed E-state index contributed by atoms with van der Waals surface area (Å²) in [4.78, 5) is 21.9. The van der Waals surface area contributed by atoms with E-state index < -0.39 is 0 Å². The Morgan fingerprint density at radius 2 is 1.77 bits per heavy atom. The van der Waals surface area contributed by atoms with E-state index in [0.717, 1.165) is 41.0 Å². The normalized spacial score (nSPS) is 14.3. The number of carbonyl (C=O) groups is 1. The summed E-state index contributed by atoms with van der Waals surface area (Å²) in [5, 5.41) is 3.00. The second-order valence-corrected chi connectivity index (χ2v) is 7.80. The van der Waals surface area contributed by atoms with E-state index in [9.17, 15) is 4.79 Å². The smallest absolute Gasteiger partial charge is 0.322 e. The lowest BCUT2D eigenvalue weighted by atomic mass is 10.2. The van der Waals surface area contributed by atoms with Crippen molar-refractivity contribution >= 4 is 34.1 Å². The van der Waals surface area contributed by atoms with Crippen molar-refractivity contribution < 1.29 is 9.53 Å². The van der Waals surface area contributed by atoms with E-state index in [-0.39, 0.29) is 6.03 Å². The lowest BCUT2D eigenvalue weighted by Gasteiger charge is -2.35. The van der Waals surface area contributed by atoms with Crippen LogP contribution in [0.15, 0.2) is 60.8 Å². The van der Waals surface area contributed by atoms with Crippen LogP contribution in [0.5, 0.6) is 5.75 Å². The Morgan fingerprint density at radius 1 is 1.00 bits per heavy atom. The predicted octanol–water partition coefficient (Wildman–Crippen LogP) is 4.16. The van der Waals surface area contributed by atoms with Crippen LogP contribution in [-0.2, 0) is 0 Å². The van der Waals surface area contributed by atoms with E-state index in [4.69, 9.17) is 9.72 Å². The molecule has 0 aliphatic carbocycles. The van der Waals surface area contributed by atoms with Gasteiger partial charge in [0.1, 0.15) is 5.75 Å². The molecule has 2 amide bonds.